The monoisotopic (exact) mass is 212 g/mol. The fourth-order valence-corrected chi connectivity index (χ4v) is 0.972. The zero-order chi connectivity index (χ0) is 9.19. The van der Waals surface area contributed by atoms with E-state index in [2.05, 4.69) is 0 Å². The second-order valence-electron chi connectivity index (χ2n) is 2.67. The molecule has 13 heavy (non-hydrogen) atoms. The van der Waals surface area contributed by atoms with E-state index in [9.17, 15) is 12.9 Å². The minimum Gasteiger partial charge on any atom is -0.445 e. The van der Waals surface area contributed by atoms with Gasteiger partial charge in [-0.25, -0.2) is 0 Å². The zero-order valence-electron chi connectivity index (χ0n) is 7.73. The SMILES string of the molecule is CCc1ccc([B-](F)(F)F)cc1.[K+]. The molecule has 0 heterocycles. The van der Waals surface area contributed by atoms with Crippen molar-refractivity contribution in [2.75, 3.05) is 0 Å². The summed E-state index contributed by atoms with van der Waals surface area (Å²) in [5, 5.41) is 0. The molecule has 0 radical (unpaired) electrons. The van der Waals surface area contributed by atoms with E-state index in [0.717, 1.165) is 24.1 Å². The van der Waals surface area contributed by atoms with Crippen LogP contribution in [0.2, 0.25) is 0 Å². The molecular weight excluding hydrogens is 203 g/mol. The van der Waals surface area contributed by atoms with E-state index in [-0.39, 0.29) is 51.4 Å². The van der Waals surface area contributed by atoms with Gasteiger partial charge in [-0.2, -0.15) is 0 Å². The third-order valence-corrected chi connectivity index (χ3v) is 1.77. The summed E-state index contributed by atoms with van der Waals surface area (Å²) in [5.41, 5.74) is 0.408. The molecule has 0 unspecified atom stereocenters. The van der Waals surface area contributed by atoms with Crippen LogP contribution in [-0.2, 0) is 6.42 Å². The van der Waals surface area contributed by atoms with Gasteiger partial charge in [-0.3, -0.25) is 0 Å². The van der Waals surface area contributed by atoms with E-state index in [4.69, 9.17) is 0 Å². The van der Waals surface area contributed by atoms with Crippen molar-refractivity contribution in [3.05, 3.63) is 29.8 Å². The van der Waals surface area contributed by atoms with Gasteiger partial charge in [0.2, 0.25) is 0 Å². The van der Waals surface area contributed by atoms with Crippen LogP contribution in [0.15, 0.2) is 24.3 Å². The van der Waals surface area contributed by atoms with Crippen molar-refractivity contribution >= 4 is 12.4 Å². The molecule has 0 amide bonds. The quantitative estimate of drug-likeness (QED) is 0.569. The van der Waals surface area contributed by atoms with E-state index in [0.29, 0.717) is 0 Å². The first-order valence-corrected chi connectivity index (χ1v) is 3.83. The Morgan fingerprint density at radius 1 is 1.08 bits per heavy atom. The number of halogens is 3. The van der Waals surface area contributed by atoms with Gasteiger partial charge in [0.25, 0.3) is 0 Å². The Hall–Kier alpha value is 0.711. The molecule has 1 rings (SSSR count). The van der Waals surface area contributed by atoms with Crippen LogP contribution in [0.3, 0.4) is 0 Å². The molecule has 0 aliphatic rings. The van der Waals surface area contributed by atoms with Crippen molar-refractivity contribution in [1.29, 1.82) is 0 Å². The van der Waals surface area contributed by atoms with Gasteiger partial charge >= 0.3 is 58.4 Å². The van der Waals surface area contributed by atoms with Crippen LogP contribution >= 0.6 is 0 Å². The standard InChI is InChI=1S/C8H9BF3.K/c1-2-7-3-5-8(6-4-7)9(10,11)12;/h3-6H,2H2,1H3;/q-1;+1. The number of aryl methyl sites for hydroxylation is 1. The van der Waals surface area contributed by atoms with Gasteiger partial charge in [0, 0.05) is 0 Å². The molecule has 0 aliphatic carbocycles. The first kappa shape index (κ1) is 13.7. The minimum absolute atomic E-state index is 0. The third kappa shape index (κ3) is 4.17. The molecule has 0 saturated heterocycles. The molecule has 1 aromatic carbocycles. The molecule has 66 valence electrons. The maximum atomic E-state index is 12.1. The Balaban J connectivity index is 0.00000144. The van der Waals surface area contributed by atoms with Crippen LogP contribution in [0.25, 0.3) is 0 Å². The average Bonchev–Trinajstić information content (AvgIpc) is 2.03. The molecule has 0 nitrogen and oxygen atoms in total. The molecule has 0 aliphatic heterocycles. The smallest absolute Gasteiger partial charge is 0.445 e. The molecule has 0 spiro atoms. The Bertz CT molecular complexity index is 255. The topological polar surface area (TPSA) is 0 Å². The fourth-order valence-electron chi connectivity index (χ4n) is 0.972. The van der Waals surface area contributed by atoms with Crippen LogP contribution in [0.1, 0.15) is 12.5 Å². The predicted octanol–water partition coefficient (Wildman–Crippen LogP) is -0.693. The van der Waals surface area contributed by atoms with Gasteiger partial charge in [-0.05, 0) is 12.0 Å². The summed E-state index contributed by atoms with van der Waals surface area (Å²) in [6.07, 6.45) is 0.769. The summed E-state index contributed by atoms with van der Waals surface area (Å²) in [6, 6.07) is 5.31. The second kappa shape index (κ2) is 5.56. The van der Waals surface area contributed by atoms with Crippen molar-refractivity contribution in [1.82, 2.24) is 0 Å². The molecule has 0 aromatic heterocycles. The van der Waals surface area contributed by atoms with E-state index in [1.165, 1.54) is 12.1 Å². The van der Waals surface area contributed by atoms with E-state index in [1.54, 1.807) is 0 Å². The van der Waals surface area contributed by atoms with Crippen molar-refractivity contribution < 1.29 is 64.3 Å². The first-order chi connectivity index (χ1) is 5.54. The summed E-state index contributed by atoms with van der Waals surface area (Å²) in [7, 11) is 0. The summed E-state index contributed by atoms with van der Waals surface area (Å²) in [5.74, 6) is 0. The van der Waals surface area contributed by atoms with Crippen LogP contribution in [-0.4, -0.2) is 6.98 Å². The normalized spacial score (nSPS) is 10.8. The number of rotatable bonds is 2. The maximum absolute atomic E-state index is 12.1. The molecular formula is C8H9BF3K. The maximum Gasteiger partial charge on any atom is 1.00 e. The summed E-state index contributed by atoms with van der Waals surface area (Å²) < 4.78 is 36.3. The van der Waals surface area contributed by atoms with Crippen LogP contribution in [0, 0.1) is 0 Å². The van der Waals surface area contributed by atoms with Crippen LogP contribution in [0.4, 0.5) is 12.9 Å². The molecule has 0 bridgehead atoms. The number of benzene rings is 1. The van der Waals surface area contributed by atoms with Gasteiger partial charge in [-0.15, -0.1) is 5.46 Å². The summed E-state index contributed by atoms with van der Waals surface area (Å²) in [6.45, 7) is -2.91. The minimum atomic E-state index is -4.82. The average molecular weight is 212 g/mol. The number of hydrogen-bond donors (Lipinski definition) is 0. The van der Waals surface area contributed by atoms with Crippen LogP contribution in [0.5, 0.6) is 0 Å². The second-order valence-corrected chi connectivity index (χ2v) is 2.67. The van der Waals surface area contributed by atoms with Gasteiger partial charge in [0.15, 0.2) is 0 Å². The van der Waals surface area contributed by atoms with Gasteiger partial charge < -0.3 is 12.9 Å². The Labute approximate surface area is 118 Å². The van der Waals surface area contributed by atoms with Gasteiger partial charge in [-0.1, -0.05) is 31.2 Å². The zero-order valence-corrected chi connectivity index (χ0v) is 10.9. The van der Waals surface area contributed by atoms with E-state index in [1.807, 2.05) is 6.92 Å². The number of hydrogen-bond acceptors (Lipinski definition) is 0. The molecule has 0 saturated carbocycles. The van der Waals surface area contributed by atoms with E-state index < -0.39 is 12.4 Å². The fraction of sp³-hybridized carbons (Fsp3) is 0.250. The van der Waals surface area contributed by atoms with Crippen molar-refractivity contribution in [3.8, 4) is 0 Å². The molecule has 0 fully saturated rings. The van der Waals surface area contributed by atoms with Crippen molar-refractivity contribution in [2.24, 2.45) is 0 Å². The van der Waals surface area contributed by atoms with Crippen molar-refractivity contribution in [3.63, 3.8) is 0 Å². The largest absolute Gasteiger partial charge is 1.00 e. The molecule has 0 N–H and O–H groups in total. The van der Waals surface area contributed by atoms with Gasteiger partial charge in [0.1, 0.15) is 0 Å². The summed E-state index contributed by atoms with van der Waals surface area (Å²) in [4.78, 5) is 0. The van der Waals surface area contributed by atoms with Crippen molar-refractivity contribution in [2.45, 2.75) is 13.3 Å². The van der Waals surface area contributed by atoms with Crippen LogP contribution < -0.4 is 56.8 Å². The van der Waals surface area contributed by atoms with Gasteiger partial charge in [0.05, 0.1) is 0 Å². The molecule has 0 atom stereocenters. The third-order valence-electron chi connectivity index (χ3n) is 1.77. The Kier molecular flexibility index (Phi) is 5.86. The van der Waals surface area contributed by atoms with E-state index >= 15 is 0 Å². The Morgan fingerprint density at radius 3 is 1.85 bits per heavy atom. The molecule has 5 heteroatoms. The summed E-state index contributed by atoms with van der Waals surface area (Å²) >= 11 is 0. The first-order valence-electron chi connectivity index (χ1n) is 3.83. The predicted molar refractivity (Wildman–Crippen MR) is 44.5 cm³/mol. The molecule has 1 aromatic rings. The Morgan fingerprint density at radius 2 is 1.54 bits per heavy atom.